The number of nitrogens with zero attached hydrogens (tertiary/aromatic N) is 2. The summed E-state index contributed by atoms with van der Waals surface area (Å²) < 4.78 is 14.4. The Hall–Kier alpha value is -2.26. The number of hydrogen-bond acceptors (Lipinski definition) is 2. The first-order chi connectivity index (χ1) is 11.5. The van der Waals surface area contributed by atoms with Gasteiger partial charge in [0, 0.05) is 29.1 Å². The van der Waals surface area contributed by atoms with E-state index in [0.29, 0.717) is 22.7 Å². The minimum Gasteiger partial charge on any atom is -0.278 e. The highest BCUT2D eigenvalue weighted by atomic mass is 35.5. The van der Waals surface area contributed by atoms with Gasteiger partial charge >= 0.3 is 0 Å². The normalized spacial score (nSPS) is 15.9. The van der Waals surface area contributed by atoms with Gasteiger partial charge in [-0.1, -0.05) is 41.9 Å². The van der Waals surface area contributed by atoms with Gasteiger partial charge in [-0.15, -0.1) is 0 Å². The number of hydrogen-bond donors (Lipinski definition) is 0. The van der Waals surface area contributed by atoms with E-state index in [9.17, 15) is 4.39 Å². The van der Waals surface area contributed by atoms with E-state index in [1.807, 2.05) is 44.2 Å². The molecule has 0 atom stereocenters. The molecule has 4 heteroatoms. The molecule has 0 saturated heterocycles. The number of para-hydroxylation sites is 1. The van der Waals surface area contributed by atoms with Crippen LogP contribution >= 0.6 is 11.6 Å². The molecule has 2 nitrogen and oxygen atoms in total. The molecule has 0 amide bonds. The van der Waals surface area contributed by atoms with E-state index in [2.05, 4.69) is 4.98 Å². The summed E-state index contributed by atoms with van der Waals surface area (Å²) in [6.07, 6.45) is 2.30. The van der Waals surface area contributed by atoms with Gasteiger partial charge in [-0.2, -0.15) is 0 Å². The van der Waals surface area contributed by atoms with Crippen LogP contribution in [0.1, 0.15) is 30.5 Å². The third-order valence-electron chi connectivity index (χ3n) is 4.36. The quantitative estimate of drug-likeness (QED) is 0.598. The molecule has 2 aromatic carbocycles. The number of benzene rings is 2. The van der Waals surface area contributed by atoms with Crippen LogP contribution in [0.2, 0.25) is 5.02 Å². The summed E-state index contributed by atoms with van der Waals surface area (Å²) in [5.74, 6) is -0.196. The van der Waals surface area contributed by atoms with Crippen LogP contribution in [0.25, 0.3) is 10.9 Å². The minimum absolute atomic E-state index is 0.196. The zero-order chi connectivity index (χ0) is 16.9. The lowest BCUT2D eigenvalue weighted by Gasteiger charge is -2.29. The Morgan fingerprint density at radius 1 is 1.04 bits per heavy atom. The first-order valence-corrected chi connectivity index (χ1v) is 8.25. The Balaban J connectivity index is 2.01. The number of rotatable bonds is 1. The van der Waals surface area contributed by atoms with Crippen LogP contribution in [-0.2, 0) is 6.42 Å². The molecule has 1 aliphatic heterocycles. The predicted molar refractivity (Wildman–Crippen MR) is 96.6 cm³/mol. The van der Waals surface area contributed by atoms with Crippen LogP contribution in [-0.4, -0.2) is 16.2 Å². The largest absolute Gasteiger partial charge is 0.278 e. The Morgan fingerprint density at radius 3 is 2.67 bits per heavy atom. The molecule has 0 aliphatic carbocycles. The molecular weight excluding hydrogens is 323 g/mol. The van der Waals surface area contributed by atoms with Crippen LogP contribution in [0.5, 0.6) is 0 Å². The van der Waals surface area contributed by atoms with E-state index < -0.39 is 0 Å². The average molecular weight is 339 g/mol. The van der Waals surface area contributed by atoms with Gasteiger partial charge in [-0.25, -0.2) is 4.39 Å². The summed E-state index contributed by atoms with van der Waals surface area (Å²) in [4.78, 5) is 9.36. The highest BCUT2D eigenvalue weighted by Gasteiger charge is 2.30. The van der Waals surface area contributed by atoms with Gasteiger partial charge < -0.3 is 0 Å². The fourth-order valence-electron chi connectivity index (χ4n) is 3.27. The molecule has 0 fully saturated rings. The van der Waals surface area contributed by atoms with E-state index in [-0.39, 0.29) is 11.4 Å². The monoisotopic (exact) mass is 338 g/mol. The van der Waals surface area contributed by atoms with Crippen molar-refractivity contribution in [3.8, 4) is 0 Å². The summed E-state index contributed by atoms with van der Waals surface area (Å²) in [5.41, 5.74) is 3.39. The fourth-order valence-corrected chi connectivity index (χ4v) is 3.57. The number of halogens is 2. The maximum atomic E-state index is 14.4. The molecule has 0 saturated carbocycles. The molecule has 0 N–H and O–H groups in total. The van der Waals surface area contributed by atoms with Gasteiger partial charge in [0.2, 0.25) is 0 Å². The van der Waals surface area contributed by atoms with Gasteiger partial charge in [0.1, 0.15) is 5.82 Å². The fraction of sp³-hybridized carbons (Fsp3) is 0.200. The molecule has 0 unspecified atom stereocenters. The highest BCUT2D eigenvalue weighted by molar-refractivity contribution is 6.39. The van der Waals surface area contributed by atoms with Crippen molar-refractivity contribution < 1.29 is 4.39 Å². The Kier molecular flexibility index (Phi) is 3.43. The van der Waals surface area contributed by atoms with Crippen molar-refractivity contribution in [1.29, 1.82) is 0 Å². The van der Waals surface area contributed by atoms with Crippen molar-refractivity contribution in [2.75, 3.05) is 0 Å². The van der Waals surface area contributed by atoms with Crippen molar-refractivity contribution in [3.05, 3.63) is 76.2 Å². The summed E-state index contributed by atoms with van der Waals surface area (Å²) in [6.45, 7) is 4.01. The number of pyridine rings is 1. The van der Waals surface area contributed by atoms with Crippen molar-refractivity contribution in [2.45, 2.75) is 25.8 Å². The Morgan fingerprint density at radius 2 is 1.83 bits per heavy atom. The SMILES string of the molecule is CC1(C)Cc2c(F)cccc2C(c2cnc3ccccc3c2Cl)=N1. The molecule has 0 bridgehead atoms. The molecule has 0 radical (unpaired) electrons. The molecule has 1 aromatic heterocycles. The lowest BCUT2D eigenvalue weighted by molar-refractivity contribution is 0.492. The Labute approximate surface area is 145 Å². The first-order valence-electron chi connectivity index (χ1n) is 7.87. The van der Waals surface area contributed by atoms with Crippen molar-refractivity contribution in [2.24, 2.45) is 4.99 Å². The first kappa shape index (κ1) is 15.3. The van der Waals surface area contributed by atoms with Crippen molar-refractivity contribution in [1.82, 2.24) is 4.98 Å². The maximum absolute atomic E-state index is 14.4. The van der Waals surface area contributed by atoms with Crippen LogP contribution in [0.3, 0.4) is 0 Å². The van der Waals surface area contributed by atoms with E-state index >= 15 is 0 Å². The zero-order valence-corrected chi connectivity index (χ0v) is 14.2. The van der Waals surface area contributed by atoms with Gasteiger partial charge in [0.25, 0.3) is 0 Å². The summed E-state index contributed by atoms with van der Waals surface area (Å²) >= 11 is 6.66. The molecule has 2 heterocycles. The molecule has 0 spiro atoms. The number of aromatic nitrogens is 1. The number of fused-ring (bicyclic) bond motifs is 2. The van der Waals surface area contributed by atoms with Gasteiger partial charge in [0.05, 0.1) is 21.8 Å². The lowest BCUT2D eigenvalue weighted by atomic mass is 9.84. The second-order valence-electron chi connectivity index (χ2n) is 6.72. The summed E-state index contributed by atoms with van der Waals surface area (Å²) in [5, 5.41) is 1.48. The smallest absolute Gasteiger partial charge is 0.127 e. The van der Waals surface area contributed by atoms with Gasteiger partial charge in [-0.05, 0) is 31.5 Å². The van der Waals surface area contributed by atoms with E-state index in [0.717, 1.165) is 22.0 Å². The van der Waals surface area contributed by atoms with E-state index in [4.69, 9.17) is 16.6 Å². The molecule has 120 valence electrons. The molecule has 1 aliphatic rings. The van der Waals surface area contributed by atoms with Crippen LogP contribution in [0, 0.1) is 5.82 Å². The Bertz CT molecular complexity index is 992. The average Bonchev–Trinajstić information content (AvgIpc) is 2.55. The molecular formula is C20H16ClFN2. The third kappa shape index (κ3) is 2.40. The maximum Gasteiger partial charge on any atom is 0.127 e. The summed E-state index contributed by atoms with van der Waals surface area (Å²) in [6, 6.07) is 12.8. The molecule has 4 rings (SSSR count). The minimum atomic E-state index is -0.389. The molecule has 3 aromatic rings. The second kappa shape index (κ2) is 5.38. The predicted octanol–water partition coefficient (Wildman–Crippen LogP) is 5.20. The zero-order valence-electron chi connectivity index (χ0n) is 13.5. The third-order valence-corrected chi connectivity index (χ3v) is 4.77. The van der Waals surface area contributed by atoms with E-state index in [1.165, 1.54) is 6.07 Å². The number of aliphatic imine (C=N–C) groups is 1. The topological polar surface area (TPSA) is 25.2 Å². The summed E-state index contributed by atoms with van der Waals surface area (Å²) in [7, 11) is 0. The standard InChI is InChI=1S/C20H16ClFN2/c1-20(2)10-14-12(7-5-8-16(14)22)19(24-20)15-11-23-17-9-4-3-6-13(17)18(15)21/h3-9,11H,10H2,1-2H3. The highest BCUT2D eigenvalue weighted by Crippen LogP contribution is 2.34. The lowest BCUT2D eigenvalue weighted by Crippen LogP contribution is -2.30. The van der Waals surface area contributed by atoms with E-state index in [1.54, 1.807) is 12.3 Å². The van der Waals surface area contributed by atoms with Crippen molar-refractivity contribution in [3.63, 3.8) is 0 Å². The van der Waals surface area contributed by atoms with Crippen molar-refractivity contribution >= 4 is 28.2 Å². The van der Waals surface area contributed by atoms with Gasteiger partial charge in [-0.3, -0.25) is 9.98 Å². The van der Waals surface area contributed by atoms with Crippen LogP contribution in [0.4, 0.5) is 4.39 Å². The van der Waals surface area contributed by atoms with Crippen LogP contribution < -0.4 is 0 Å². The molecule has 24 heavy (non-hydrogen) atoms. The van der Waals surface area contributed by atoms with Gasteiger partial charge in [0.15, 0.2) is 0 Å². The second-order valence-corrected chi connectivity index (χ2v) is 7.10. The van der Waals surface area contributed by atoms with Crippen LogP contribution in [0.15, 0.2) is 53.7 Å².